The zero-order chi connectivity index (χ0) is 14.6. The summed E-state index contributed by atoms with van der Waals surface area (Å²) in [5.74, 6) is -1.77. The van der Waals surface area contributed by atoms with Crippen molar-refractivity contribution in [3.63, 3.8) is 0 Å². The maximum Gasteiger partial charge on any atom is 0.343 e. The first-order chi connectivity index (χ1) is 8.88. The van der Waals surface area contributed by atoms with Crippen LogP contribution in [-0.4, -0.2) is 23.9 Å². The highest BCUT2D eigenvalue weighted by molar-refractivity contribution is 6.25. The summed E-state index contributed by atoms with van der Waals surface area (Å²) in [6.45, 7) is 3.38. The van der Waals surface area contributed by atoms with Crippen LogP contribution in [0.25, 0.3) is 0 Å². The predicted octanol–water partition coefficient (Wildman–Crippen LogP) is 2.83. The third-order valence-electron chi connectivity index (χ3n) is 2.58. The van der Waals surface area contributed by atoms with Gasteiger partial charge in [0.1, 0.15) is 17.1 Å². The molecule has 2 N–H and O–H groups in total. The van der Waals surface area contributed by atoms with Crippen molar-refractivity contribution >= 4 is 11.7 Å². The lowest BCUT2D eigenvalue weighted by molar-refractivity contribution is -0.135. The Bertz CT molecular complexity index is 518. The zero-order valence-electron chi connectivity index (χ0n) is 11.0. The summed E-state index contributed by atoms with van der Waals surface area (Å²) < 4.78 is 17.4. The van der Waals surface area contributed by atoms with E-state index in [1.165, 1.54) is 31.4 Å². The third kappa shape index (κ3) is 3.40. The number of hydrogen-bond donors (Lipinski definition) is 2. The van der Waals surface area contributed by atoms with Crippen LogP contribution in [0.5, 0.6) is 0 Å². The Morgan fingerprint density at radius 3 is 2.26 bits per heavy atom. The molecule has 0 fully saturated rings. The molecule has 0 unspecified atom stereocenters. The Balaban J connectivity index is 3.27. The summed E-state index contributed by atoms with van der Waals surface area (Å²) >= 11 is 0. The molecule has 0 aliphatic carbocycles. The van der Waals surface area contributed by atoms with Gasteiger partial charge in [-0.15, -0.1) is 0 Å². The smallest absolute Gasteiger partial charge is 0.343 e. The molecule has 0 saturated heterocycles. The van der Waals surface area contributed by atoms with Gasteiger partial charge in [0.05, 0.1) is 12.8 Å². The van der Waals surface area contributed by atoms with E-state index in [4.69, 9.17) is 5.41 Å². The first-order valence-electron chi connectivity index (χ1n) is 5.74. The van der Waals surface area contributed by atoms with Crippen LogP contribution in [0.4, 0.5) is 4.39 Å². The number of halogens is 1. The minimum absolute atomic E-state index is 0.196. The van der Waals surface area contributed by atoms with Crippen LogP contribution in [-0.2, 0) is 9.53 Å². The molecule has 0 amide bonds. The van der Waals surface area contributed by atoms with Crippen LogP contribution in [0.1, 0.15) is 19.4 Å². The molecule has 4 nitrogen and oxygen atoms in total. The summed E-state index contributed by atoms with van der Waals surface area (Å²) in [6.07, 6.45) is 0. The topological polar surface area (TPSA) is 70.4 Å². The molecule has 0 spiro atoms. The zero-order valence-corrected chi connectivity index (χ0v) is 11.0. The van der Waals surface area contributed by atoms with Crippen molar-refractivity contribution < 1.29 is 19.0 Å². The number of benzene rings is 1. The van der Waals surface area contributed by atoms with Gasteiger partial charge in [-0.1, -0.05) is 13.8 Å². The van der Waals surface area contributed by atoms with Crippen molar-refractivity contribution in [2.24, 2.45) is 5.92 Å². The molecule has 0 radical (unpaired) electrons. The van der Waals surface area contributed by atoms with Crippen LogP contribution in [0.3, 0.4) is 0 Å². The quantitative estimate of drug-likeness (QED) is 0.380. The van der Waals surface area contributed by atoms with Gasteiger partial charge in [0.2, 0.25) is 0 Å². The molecule has 0 saturated carbocycles. The minimum atomic E-state index is -0.791. The lowest BCUT2D eigenvalue weighted by Gasteiger charge is -2.12. The van der Waals surface area contributed by atoms with E-state index in [-0.39, 0.29) is 23.0 Å². The summed E-state index contributed by atoms with van der Waals surface area (Å²) in [4.78, 5) is 11.7. The van der Waals surface area contributed by atoms with Gasteiger partial charge in [-0.05, 0) is 24.3 Å². The number of allylic oxidation sites excluding steroid dienone is 1. The predicted molar refractivity (Wildman–Crippen MR) is 69.7 cm³/mol. The van der Waals surface area contributed by atoms with Crippen molar-refractivity contribution in [3.8, 4) is 0 Å². The lowest BCUT2D eigenvalue weighted by Crippen LogP contribution is -2.19. The number of aliphatic hydroxyl groups is 1. The number of rotatable bonds is 4. The van der Waals surface area contributed by atoms with E-state index in [0.29, 0.717) is 5.56 Å². The van der Waals surface area contributed by atoms with E-state index >= 15 is 0 Å². The molecule has 5 heteroatoms. The average Bonchev–Trinajstić information content (AvgIpc) is 2.39. The summed E-state index contributed by atoms with van der Waals surface area (Å²) in [5, 5.41) is 17.9. The second kappa shape index (κ2) is 6.13. The van der Waals surface area contributed by atoms with E-state index in [0.717, 1.165) is 0 Å². The first kappa shape index (κ1) is 14.9. The molecule has 0 bridgehead atoms. The van der Waals surface area contributed by atoms with Gasteiger partial charge in [0, 0.05) is 11.5 Å². The van der Waals surface area contributed by atoms with Crippen LogP contribution in [0, 0.1) is 17.1 Å². The molecule has 0 heterocycles. The van der Waals surface area contributed by atoms with E-state index in [1.54, 1.807) is 13.8 Å². The second-order valence-electron chi connectivity index (χ2n) is 4.29. The van der Waals surface area contributed by atoms with E-state index in [2.05, 4.69) is 4.74 Å². The monoisotopic (exact) mass is 265 g/mol. The molecule has 19 heavy (non-hydrogen) atoms. The number of aliphatic hydroxyl groups excluding tert-OH is 1. The van der Waals surface area contributed by atoms with Gasteiger partial charge in [-0.25, -0.2) is 9.18 Å². The van der Waals surface area contributed by atoms with Crippen molar-refractivity contribution in [3.05, 3.63) is 47.0 Å². The number of carbonyl (C=O) groups is 1. The van der Waals surface area contributed by atoms with Crippen molar-refractivity contribution in [2.45, 2.75) is 13.8 Å². The van der Waals surface area contributed by atoms with Crippen LogP contribution >= 0.6 is 0 Å². The molecule has 102 valence electrons. The normalized spacial score (nSPS) is 12.1. The number of nitrogens with one attached hydrogen (secondary N) is 1. The third-order valence-corrected chi connectivity index (χ3v) is 2.58. The van der Waals surface area contributed by atoms with Gasteiger partial charge in [0.15, 0.2) is 0 Å². The standard InChI is InChI=1S/C14H16FNO3/c1-8(2)13(17)11(14(18)19-3)12(16)9-4-6-10(15)7-5-9/h4-8,16-17H,1-3H3. The Morgan fingerprint density at radius 2 is 1.84 bits per heavy atom. The molecule has 1 rings (SSSR count). The highest BCUT2D eigenvalue weighted by Gasteiger charge is 2.23. The molecule has 0 atom stereocenters. The SMILES string of the molecule is COC(=O)C(C(=N)c1ccc(F)cc1)=C(O)C(C)C. The second-order valence-corrected chi connectivity index (χ2v) is 4.29. The van der Waals surface area contributed by atoms with Crippen molar-refractivity contribution in [1.29, 1.82) is 5.41 Å². The van der Waals surface area contributed by atoms with Crippen LogP contribution in [0.2, 0.25) is 0 Å². The maximum atomic E-state index is 12.8. The van der Waals surface area contributed by atoms with E-state index in [9.17, 15) is 14.3 Å². The minimum Gasteiger partial charge on any atom is -0.511 e. The number of carbonyl (C=O) groups excluding carboxylic acids is 1. The molecular weight excluding hydrogens is 249 g/mol. The van der Waals surface area contributed by atoms with Gasteiger partial charge < -0.3 is 9.84 Å². The fourth-order valence-corrected chi connectivity index (χ4v) is 1.49. The maximum absolute atomic E-state index is 12.8. The van der Waals surface area contributed by atoms with Gasteiger partial charge in [0.25, 0.3) is 0 Å². The average molecular weight is 265 g/mol. The number of methoxy groups -OCH3 is 1. The molecule has 1 aromatic rings. The first-order valence-corrected chi connectivity index (χ1v) is 5.74. The highest BCUT2D eigenvalue weighted by atomic mass is 19.1. The Hall–Kier alpha value is -2.17. The number of esters is 1. The molecular formula is C14H16FNO3. The summed E-state index contributed by atoms with van der Waals surface area (Å²) in [5.41, 5.74) is -0.0730. The highest BCUT2D eigenvalue weighted by Crippen LogP contribution is 2.18. The molecule has 1 aromatic carbocycles. The number of ether oxygens (including phenoxy) is 1. The Morgan fingerprint density at radius 1 is 1.32 bits per heavy atom. The largest absolute Gasteiger partial charge is 0.511 e. The van der Waals surface area contributed by atoms with Gasteiger partial charge in [-0.2, -0.15) is 0 Å². The van der Waals surface area contributed by atoms with E-state index < -0.39 is 11.8 Å². The van der Waals surface area contributed by atoms with Crippen LogP contribution < -0.4 is 0 Å². The van der Waals surface area contributed by atoms with Gasteiger partial charge >= 0.3 is 5.97 Å². The van der Waals surface area contributed by atoms with Crippen LogP contribution in [0.15, 0.2) is 35.6 Å². The van der Waals surface area contributed by atoms with Crippen molar-refractivity contribution in [1.82, 2.24) is 0 Å². The fraction of sp³-hybridized carbons (Fsp3) is 0.286. The summed E-state index contributed by atoms with van der Waals surface area (Å²) in [6, 6.07) is 5.11. The molecule has 0 aliphatic rings. The van der Waals surface area contributed by atoms with Crippen molar-refractivity contribution in [2.75, 3.05) is 7.11 Å². The fourth-order valence-electron chi connectivity index (χ4n) is 1.49. The number of hydrogen-bond acceptors (Lipinski definition) is 4. The summed E-state index contributed by atoms with van der Waals surface area (Å²) in [7, 11) is 1.17. The van der Waals surface area contributed by atoms with E-state index in [1.807, 2.05) is 0 Å². The molecule has 0 aromatic heterocycles. The molecule has 0 aliphatic heterocycles. The lowest BCUT2D eigenvalue weighted by atomic mass is 9.97. The Labute approximate surface area is 111 Å². The Kier molecular flexibility index (Phi) is 4.80. The van der Waals surface area contributed by atoms with Gasteiger partial charge in [-0.3, -0.25) is 5.41 Å².